The summed E-state index contributed by atoms with van der Waals surface area (Å²) in [6.45, 7) is 2.49. The number of hydrogen-bond acceptors (Lipinski definition) is 4. The Hall–Kier alpha value is -2.22. The van der Waals surface area contributed by atoms with Crippen LogP contribution in [0, 0.1) is 11.2 Å². The number of halogens is 3. The monoisotopic (exact) mass is 437 g/mol. The van der Waals surface area contributed by atoms with E-state index < -0.39 is 23.2 Å². The van der Waals surface area contributed by atoms with Crippen LogP contribution in [0.25, 0.3) is 0 Å². The molecule has 0 saturated carbocycles. The molecule has 2 aromatic rings. The molecule has 2 amide bonds. The van der Waals surface area contributed by atoms with E-state index in [1.54, 1.807) is 17.0 Å². The molecule has 0 spiro atoms. The molecule has 0 aliphatic carbocycles. The smallest absolute Gasteiger partial charge is 0.252 e. The van der Waals surface area contributed by atoms with Crippen LogP contribution in [0.4, 0.5) is 10.2 Å². The van der Waals surface area contributed by atoms with Crippen LogP contribution in [-0.4, -0.2) is 47.5 Å². The molecule has 2 aliphatic rings. The third kappa shape index (κ3) is 3.70. The summed E-state index contributed by atoms with van der Waals surface area (Å²) in [5.41, 5.74) is 0.273. The Morgan fingerprint density at radius 1 is 1.21 bits per heavy atom. The number of rotatable bonds is 4. The van der Waals surface area contributed by atoms with E-state index in [-0.39, 0.29) is 29.8 Å². The van der Waals surface area contributed by atoms with Crippen molar-refractivity contribution < 1.29 is 18.7 Å². The summed E-state index contributed by atoms with van der Waals surface area (Å²) in [7, 11) is 0. The molecule has 6 nitrogen and oxygen atoms in total. The van der Waals surface area contributed by atoms with E-state index in [9.17, 15) is 14.0 Å². The lowest BCUT2D eigenvalue weighted by Gasteiger charge is -2.51. The van der Waals surface area contributed by atoms with Crippen molar-refractivity contribution in [2.24, 2.45) is 5.41 Å². The molecule has 1 aromatic carbocycles. The zero-order valence-corrected chi connectivity index (χ0v) is 17.1. The number of benzene rings is 1. The number of amides is 2. The number of pyridine rings is 1. The van der Waals surface area contributed by atoms with E-state index in [4.69, 9.17) is 27.9 Å². The largest absolute Gasteiger partial charge is 0.380 e. The quantitative estimate of drug-likeness (QED) is 0.735. The Balaban J connectivity index is 1.69. The summed E-state index contributed by atoms with van der Waals surface area (Å²) in [4.78, 5) is 33.1. The number of nitrogens with zero attached hydrogens (tertiary/aromatic N) is 3. The number of carbonyl (C=O) groups excluding carboxylic acids is 2. The Kier molecular flexibility index (Phi) is 5.23. The Morgan fingerprint density at radius 3 is 2.48 bits per heavy atom. The van der Waals surface area contributed by atoms with Crippen LogP contribution in [0.5, 0.6) is 0 Å². The second-order valence-corrected chi connectivity index (χ2v) is 8.45. The van der Waals surface area contributed by atoms with Crippen molar-refractivity contribution in [2.45, 2.75) is 19.5 Å². The van der Waals surface area contributed by atoms with Crippen molar-refractivity contribution in [1.82, 2.24) is 9.88 Å². The molecule has 0 radical (unpaired) electrons. The van der Waals surface area contributed by atoms with Gasteiger partial charge in [-0.15, -0.1) is 0 Å². The molecule has 2 fully saturated rings. The molecular formula is C20H18Cl2FN3O3. The molecule has 2 saturated heterocycles. The number of carbonyl (C=O) groups is 2. The van der Waals surface area contributed by atoms with E-state index in [0.29, 0.717) is 18.2 Å². The SMILES string of the molecule is CC1(C2C(=O)N(c3ncc(Cl)cc3F)CC(=O)N2Cc2ccc(Cl)cc2)COC1. The highest BCUT2D eigenvalue weighted by atomic mass is 35.5. The van der Waals surface area contributed by atoms with Gasteiger partial charge in [0.15, 0.2) is 11.6 Å². The molecule has 1 aromatic heterocycles. The molecular weight excluding hydrogens is 420 g/mol. The number of aromatic nitrogens is 1. The fourth-order valence-electron chi connectivity index (χ4n) is 3.74. The highest BCUT2D eigenvalue weighted by molar-refractivity contribution is 6.30. The van der Waals surface area contributed by atoms with E-state index in [1.807, 2.05) is 19.1 Å². The topological polar surface area (TPSA) is 62.7 Å². The first kappa shape index (κ1) is 20.1. The molecule has 9 heteroatoms. The third-order valence-electron chi connectivity index (χ3n) is 5.26. The van der Waals surface area contributed by atoms with Gasteiger partial charge in [0.1, 0.15) is 12.6 Å². The maximum Gasteiger partial charge on any atom is 0.252 e. The predicted octanol–water partition coefficient (Wildman–Crippen LogP) is 3.31. The van der Waals surface area contributed by atoms with Crippen molar-refractivity contribution in [3.8, 4) is 0 Å². The highest BCUT2D eigenvalue weighted by Gasteiger charge is 2.54. The average Bonchev–Trinajstić information content (AvgIpc) is 2.65. The van der Waals surface area contributed by atoms with Crippen molar-refractivity contribution in [1.29, 1.82) is 0 Å². The van der Waals surface area contributed by atoms with E-state index in [1.165, 1.54) is 6.20 Å². The normalized spacial score (nSPS) is 21.3. The Bertz CT molecular complexity index is 966. The lowest BCUT2D eigenvalue weighted by Crippen LogP contribution is -2.69. The van der Waals surface area contributed by atoms with Gasteiger partial charge in [-0.25, -0.2) is 9.37 Å². The average molecular weight is 438 g/mol. The van der Waals surface area contributed by atoms with Crippen molar-refractivity contribution in [3.63, 3.8) is 0 Å². The molecule has 1 unspecified atom stereocenters. The van der Waals surface area contributed by atoms with Gasteiger partial charge in [0.25, 0.3) is 5.91 Å². The minimum absolute atomic E-state index is 0.113. The van der Waals surface area contributed by atoms with Gasteiger partial charge in [0.05, 0.1) is 18.2 Å². The van der Waals surface area contributed by atoms with Gasteiger partial charge in [-0.1, -0.05) is 42.3 Å². The lowest BCUT2D eigenvalue weighted by molar-refractivity contribution is -0.174. The number of hydrogen-bond donors (Lipinski definition) is 0. The molecule has 0 bridgehead atoms. The fourth-order valence-corrected chi connectivity index (χ4v) is 4.01. The summed E-state index contributed by atoms with van der Waals surface area (Å²) in [6, 6.07) is 7.36. The summed E-state index contributed by atoms with van der Waals surface area (Å²) in [6.07, 6.45) is 1.25. The summed E-state index contributed by atoms with van der Waals surface area (Å²) in [5, 5.41) is 0.698. The zero-order chi connectivity index (χ0) is 20.8. The van der Waals surface area contributed by atoms with Crippen LogP contribution in [0.3, 0.4) is 0 Å². The van der Waals surface area contributed by atoms with Crippen molar-refractivity contribution in [2.75, 3.05) is 24.7 Å². The van der Waals surface area contributed by atoms with Gasteiger partial charge >= 0.3 is 0 Å². The van der Waals surface area contributed by atoms with Crippen LogP contribution < -0.4 is 4.90 Å². The summed E-state index contributed by atoms with van der Waals surface area (Å²) >= 11 is 11.7. The molecule has 1 atom stereocenters. The lowest BCUT2D eigenvalue weighted by atomic mass is 9.77. The third-order valence-corrected chi connectivity index (χ3v) is 5.72. The minimum Gasteiger partial charge on any atom is -0.380 e. The predicted molar refractivity (Wildman–Crippen MR) is 106 cm³/mol. The van der Waals surface area contributed by atoms with Gasteiger partial charge in [0.2, 0.25) is 5.91 Å². The minimum atomic E-state index is -0.801. The molecule has 4 rings (SSSR count). The molecule has 29 heavy (non-hydrogen) atoms. The van der Waals surface area contributed by atoms with Crippen LogP contribution in [0.2, 0.25) is 10.0 Å². The molecule has 3 heterocycles. The van der Waals surface area contributed by atoms with E-state index >= 15 is 0 Å². The summed E-state index contributed by atoms with van der Waals surface area (Å²) in [5.74, 6) is -1.64. The summed E-state index contributed by atoms with van der Waals surface area (Å²) < 4.78 is 19.8. The number of piperazine rings is 1. The first-order valence-electron chi connectivity index (χ1n) is 9.02. The van der Waals surface area contributed by atoms with Crippen LogP contribution in [0.1, 0.15) is 12.5 Å². The molecule has 152 valence electrons. The zero-order valence-electron chi connectivity index (χ0n) is 15.6. The number of anilines is 1. The second-order valence-electron chi connectivity index (χ2n) is 7.58. The van der Waals surface area contributed by atoms with Crippen LogP contribution in [-0.2, 0) is 20.9 Å². The standard InChI is InChI=1S/C20H18Cl2FN3O3/c1-20(10-29-11-20)17-19(28)26(18-15(23)6-14(22)7-24-18)9-16(27)25(17)8-12-2-4-13(21)5-3-12/h2-7,17H,8-11H2,1H3. The maximum absolute atomic E-state index is 14.4. The Morgan fingerprint density at radius 2 is 1.90 bits per heavy atom. The Labute approximate surface area is 177 Å². The van der Waals surface area contributed by atoms with Gasteiger partial charge in [-0.05, 0) is 23.8 Å². The van der Waals surface area contributed by atoms with Crippen molar-refractivity contribution >= 4 is 40.8 Å². The molecule has 2 aliphatic heterocycles. The molecule has 0 N–H and O–H groups in total. The maximum atomic E-state index is 14.4. The van der Waals surface area contributed by atoms with Crippen LogP contribution in [0.15, 0.2) is 36.5 Å². The van der Waals surface area contributed by atoms with E-state index in [2.05, 4.69) is 4.98 Å². The van der Waals surface area contributed by atoms with Gasteiger partial charge in [-0.2, -0.15) is 0 Å². The van der Waals surface area contributed by atoms with Gasteiger partial charge < -0.3 is 9.64 Å². The number of ether oxygens (including phenoxy) is 1. The van der Waals surface area contributed by atoms with E-state index in [0.717, 1.165) is 16.5 Å². The van der Waals surface area contributed by atoms with Gasteiger partial charge in [-0.3, -0.25) is 14.5 Å². The highest BCUT2D eigenvalue weighted by Crippen LogP contribution is 2.38. The van der Waals surface area contributed by atoms with Gasteiger partial charge in [0, 0.05) is 23.2 Å². The fraction of sp³-hybridized carbons (Fsp3) is 0.350. The van der Waals surface area contributed by atoms with Crippen molar-refractivity contribution in [3.05, 3.63) is 58.0 Å². The first-order chi connectivity index (χ1) is 13.8. The van der Waals surface area contributed by atoms with Crippen LogP contribution >= 0.6 is 23.2 Å². The second kappa shape index (κ2) is 7.55. The first-order valence-corrected chi connectivity index (χ1v) is 9.78.